The molecule has 0 aromatic carbocycles. The molecule has 0 bridgehead atoms. The van der Waals surface area contributed by atoms with Crippen LogP contribution in [0.25, 0.3) is 0 Å². The van der Waals surface area contributed by atoms with Gasteiger partial charge in [0.2, 0.25) is 5.54 Å². The van der Waals surface area contributed by atoms with Crippen molar-refractivity contribution in [3.8, 4) is 0 Å². The molecule has 1 saturated heterocycles. The summed E-state index contributed by atoms with van der Waals surface area (Å²) in [5.74, 6) is -1.35. The van der Waals surface area contributed by atoms with Gasteiger partial charge in [0.15, 0.2) is 0 Å². The van der Waals surface area contributed by atoms with E-state index in [1.165, 1.54) is 12.1 Å². The third kappa shape index (κ3) is 2.48. The van der Waals surface area contributed by atoms with E-state index in [0.717, 1.165) is 0 Å². The summed E-state index contributed by atoms with van der Waals surface area (Å²) in [6, 6.07) is 1.60. The van der Waals surface area contributed by atoms with Crippen LogP contribution in [0.15, 0.2) is 12.1 Å². The predicted molar refractivity (Wildman–Crippen MR) is 67.2 cm³/mol. The van der Waals surface area contributed by atoms with Gasteiger partial charge in [-0.2, -0.15) is 13.2 Å². The lowest BCUT2D eigenvalue weighted by Gasteiger charge is -2.24. The molecule has 1 aromatic rings. The Morgan fingerprint density at radius 3 is 2.57 bits per heavy atom. The maximum absolute atomic E-state index is 12.9. The minimum atomic E-state index is -4.92. The van der Waals surface area contributed by atoms with Crippen LogP contribution in [0.5, 0.6) is 0 Å². The van der Waals surface area contributed by atoms with Crippen molar-refractivity contribution in [1.82, 2.24) is 15.2 Å². The summed E-state index contributed by atoms with van der Waals surface area (Å²) in [7, 11) is 0. The van der Waals surface area contributed by atoms with Gasteiger partial charge in [0.25, 0.3) is 5.91 Å². The zero-order valence-electron chi connectivity index (χ0n) is 10.7. The van der Waals surface area contributed by atoms with Crippen molar-refractivity contribution < 1.29 is 22.8 Å². The first-order valence-electron chi connectivity index (χ1n) is 5.68. The topological polar surface area (TPSA) is 88.3 Å². The zero-order chi connectivity index (χ0) is 16.0. The monoisotopic (exact) mass is 322 g/mol. The number of alkyl halides is 3. The third-order valence-electron chi connectivity index (χ3n) is 3.09. The van der Waals surface area contributed by atoms with Crippen LogP contribution in [0.1, 0.15) is 12.6 Å². The SMILES string of the molecule is CC1(C(F)(F)F)NC(=O)N(Cc2nc(N)ccc2Cl)C1=O. The Morgan fingerprint density at radius 1 is 1.43 bits per heavy atom. The molecular weight excluding hydrogens is 313 g/mol. The number of nitrogens with one attached hydrogen (secondary N) is 1. The highest BCUT2D eigenvalue weighted by Crippen LogP contribution is 2.35. The molecule has 3 amide bonds. The number of amides is 3. The van der Waals surface area contributed by atoms with E-state index in [-0.39, 0.29) is 16.5 Å². The van der Waals surface area contributed by atoms with Crippen molar-refractivity contribution in [2.75, 3.05) is 5.73 Å². The second-order valence-electron chi connectivity index (χ2n) is 4.61. The number of anilines is 1. The van der Waals surface area contributed by atoms with Crippen LogP contribution in [0.4, 0.5) is 23.8 Å². The van der Waals surface area contributed by atoms with Crippen molar-refractivity contribution in [1.29, 1.82) is 0 Å². The van der Waals surface area contributed by atoms with Gasteiger partial charge < -0.3 is 11.1 Å². The third-order valence-corrected chi connectivity index (χ3v) is 3.43. The van der Waals surface area contributed by atoms with Crippen LogP contribution in [0.2, 0.25) is 5.02 Å². The van der Waals surface area contributed by atoms with Crippen molar-refractivity contribution >= 4 is 29.4 Å². The fourth-order valence-corrected chi connectivity index (χ4v) is 1.96. The van der Waals surface area contributed by atoms with E-state index >= 15 is 0 Å². The maximum atomic E-state index is 12.9. The number of halogens is 4. The summed E-state index contributed by atoms with van der Waals surface area (Å²) < 4.78 is 38.7. The number of hydrogen-bond acceptors (Lipinski definition) is 4. The molecule has 6 nitrogen and oxygen atoms in total. The predicted octanol–water partition coefficient (Wildman–Crippen LogP) is 1.69. The van der Waals surface area contributed by atoms with Gasteiger partial charge in [-0.1, -0.05) is 11.6 Å². The van der Waals surface area contributed by atoms with Gasteiger partial charge in [-0.15, -0.1) is 0 Å². The highest BCUT2D eigenvalue weighted by molar-refractivity contribution is 6.31. The number of nitrogens with two attached hydrogens (primary N) is 1. The zero-order valence-corrected chi connectivity index (χ0v) is 11.4. The van der Waals surface area contributed by atoms with Crippen LogP contribution in [0, 0.1) is 0 Å². The van der Waals surface area contributed by atoms with Gasteiger partial charge in [0, 0.05) is 0 Å². The van der Waals surface area contributed by atoms with E-state index in [1.807, 2.05) is 0 Å². The highest BCUT2D eigenvalue weighted by atomic mass is 35.5. The van der Waals surface area contributed by atoms with Gasteiger partial charge in [-0.05, 0) is 19.1 Å². The molecule has 1 unspecified atom stereocenters. The van der Waals surface area contributed by atoms with Crippen LogP contribution in [-0.4, -0.2) is 33.5 Å². The summed E-state index contributed by atoms with van der Waals surface area (Å²) in [5, 5.41) is 1.72. The van der Waals surface area contributed by atoms with Gasteiger partial charge >= 0.3 is 12.2 Å². The normalized spacial score (nSPS) is 22.6. The lowest BCUT2D eigenvalue weighted by molar-refractivity contribution is -0.191. The maximum Gasteiger partial charge on any atom is 0.420 e. The Labute approximate surface area is 122 Å². The highest BCUT2D eigenvalue weighted by Gasteiger charge is 2.64. The average molecular weight is 323 g/mol. The second-order valence-corrected chi connectivity index (χ2v) is 5.02. The molecule has 2 heterocycles. The van der Waals surface area contributed by atoms with Crippen LogP contribution in [0.3, 0.4) is 0 Å². The number of rotatable bonds is 2. The summed E-state index contributed by atoms with van der Waals surface area (Å²) in [4.78, 5) is 27.8. The first-order chi connectivity index (χ1) is 9.56. The fourth-order valence-electron chi connectivity index (χ4n) is 1.79. The number of aromatic nitrogens is 1. The molecule has 3 N–H and O–H groups in total. The second kappa shape index (κ2) is 4.76. The van der Waals surface area contributed by atoms with Gasteiger partial charge in [0.1, 0.15) is 5.82 Å². The Kier molecular flexibility index (Phi) is 3.48. The van der Waals surface area contributed by atoms with E-state index in [9.17, 15) is 22.8 Å². The van der Waals surface area contributed by atoms with Crippen LogP contribution >= 0.6 is 11.6 Å². The number of carbonyl (C=O) groups excluding carboxylic acids is 2. The number of hydrogen-bond donors (Lipinski definition) is 2. The summed E-state index contributed by atoms with van der Waals surface area (Å²) in [6.45, 7) is 0.0990. The number of nitrogen functional groups attached to an aromatic ring is 1. The first-order valence-corrected chi connectivity index (χ1v) is 6.06. The van der Waals surface area contributed by atoms with E-state index in [4.69, 9.17) is 17.3 Å². The smallest absolute Gasteiger partial charge is 0.384 e. The van der Waals surface area contributed by atoms with Crippen LogP contribution in [-0.2, 0) is 11.3 Å². The van der Waals surface area contributed by atoms with Crippen molar-refractivity contribution in [2.24, 2.45) is 0 Å². The quantitative estimate of drug-likeness (QED) is 0.811. The first kappa shape index (κ1) is 15.4. The van der Waals surface area contributed by atoms with Crippen LogP contribution < -0.4 is 11.1 Å². The fraction of sp³-hybridized carbons (Fsp3) is 0.364. The Bertz CT molecular complexity index is 622. The Hall–Kier alpha value is -2.03. The van der Waals surface area contributed by atoms with E-state index < -0.39 is 30.2 Å². The molecule has 1 aliphatic rings. The molecule has 0 radical (unpaired) electrons. The van der Waals surface area contributed by atoms with E-state index in [0.29, 0.717) is 11.8 Å². The molecule has 21 heavy (non-hydrogen) atoms. The Balaban J connectivity index is 2.32. The summed E-state index contributed by atoms with van der Waals surface area (Å²) >= 11 is 5.82. The molecule has 1 aliphatic heterocycles. The Morgan fingerprint density at radius 2 is 2.05 bits per heavy atom. The summed E-state index contributed by atoms with van der Waals surface area (Å²) in [6.07, 6.45) is -4.92. The molecular formula is C11H10ClF3N4O2. The van der Waals surface area contributed by atoms with Crippen molar-refractivity contribution in [2.45, 2.75) is 25.2 Å². The number of pyridine rings is 1. The molecule has 114 valence electrons. The molecule has 2 rings (SSSR count). The molecule has 10 heteroatoms. The number of carbonyl (C=O) groups is 2. The minimum absolute atomic E-state index is 0.0339. The van der Waals surface area contributed by atoms with E-state index in [1.54, 1.807) is 5.32 Å². The van der Waals surface area contributed by atoms with Gasteiger partial charge in [-0.25, -0.2) is 9.78 Å². The van der Waals surface area contributed by atoms with Crippen molar-refractivity contribution in [3.63, 3.8) is 0 Å². The molecule has 0 aliphatic carbocycles. The largest absolute Gasteiger partial charge is 0.420 e. The van der Waals surface area contributed by atoms with Gasteiger partial charge in [-0.3, -0.25) is 9.69 Å². The summed E-state index contributed by atoms with van der Waals surface area (Å²) in [5.41, 5.74) is 2.51. The van der Waals surface area contributed by atoms with Gasteiger partial charge in [0.05, 0.1) is 17.3 Å². The molecule has 1 atom stereocenters. The molecule has 1 fully saturated rings. The number of urea groups is 1. The lowest BCUT2D eigenvalue weighted by Crippen LogP contribution is -2.56. The standard InChI is InChI=1S/C11H10ClF3N4O2/c1-10(11(13,14)15)8(20)19(9(21)18-10)4-6-5(12)2-3-7(16)17-6/h2-3H,4H2,1H3,(H2,16,17)(H,18,21). The minimum Gasteiger partial charge on any atom is -0.384 e. The number of nitrogens with zero attached hydrogens (tertiary/aromatic N) is 2. The molecule has 0 saturated carbocycles. The van der Waals surface area contributed by atoms with E-state index in [2.05, 4.69) is 4.98 Å². The molecule has 0 spiro atoms. The van der Waals surface area contributed by atoms with Crippen molar-refractivity contribution in [3.05, 3.63) is 22.8 Å². The number of imide groups is 1. The average Bonchev–Trinajstić information content (AvgIpc) is 2.58. The lowest BCUT2D eigenvalue weighted by atomic mass is 10.0. The molecule has 1 aromatic heterocycles.